The number of aldehydes is 1. The Morgan fingerprint density at radius 3 is 2.33 bits per heavy atom. The molecule has 0 unspecified atom stereocenters. The number of fused-ring (bicyclic) bond motifs is 1. The second kappa shape index (κ2) is 10.7. The number of benzene rings is 1. The number of hydrogen-bond acceptors (Lipinski definition) is 8. The number of nitrogens with one attached hydrogen (secondary N) is 1. The topological polar surface area (TPSA) is 197 Å². The van der Waals surface area contributed by atoms with Crippen LogP contribution in [0.15, 0.2) is 30.5 Å². The molecule has 9 N–H and O–H groups in total. The summed E-state index contributed by atoms with van der Waals surface area (Å²) in [5.74, 6) is -0.972. The highest BCUT2D eigenvalue weighted by Gasteiger charge is 2.29. The maximum atomic E-state index is 10.6. The van der Waals surface area contributed by atoms with E-state index in [1.807, 2.05) is 30.5 Å². The number of carbonyl (C=O) groups excluding carboxylic acids is 1. The second-order valence-electron chi connectivity index (χ2n) is 5.87. The van der Waals surface area contributed by atoms with E-state index in [0.29, 0.717) is 6.42 Å². The van der Waals surface area contributed by atoms with Crippen LogP contribution in [0.3, 0.4) is 0 Å². The summed E-state index contributed by atoms with van der Waals surface area (Å²) in [4.78, 5) is 23.6. The summed E-state index contributed by atoms with van der Waals surface area (Å²) in [7, 11) is 0. The number of carbonyl (C=O) groups is 2. The van der Waals surface area contributed by atoms with Gasteiger partial charge in [0.1, 0.15) is 30.5 Å². The largest absolute Gasteiger partial charge is 0.480 e. The number of carboxylic acids is 1. The number of hydrogen-bond donors (Lipinski definition) is 8. The predicted molar refractivity (Wildman–Crippen MR) is 94.8 cm³/mol. The van der Waals surface area contributed by atoms with Crippen molar-refractivity contribution in [1.29, 1.82) is 0 Å². The van der Waals surface area contributed by atoms with Gasteiger partial charge in [0.15, 0.2) is 6.29 Å². The Kier molecular flexibility index (Phi) is 9.02. The molecular formula is C17H24N2O8. The number of aliphatic hydroxyl groups is 5. The minimum Gasteiger partial charge on any atom is -0.480 e. The molecule has 1 aromatic carbocycles. The van der Waals surface area contributed by atoms with Crippen molar-refractivity contribution in [2.24, 2.45) is 5.73 Å². The number of aromatic amines is 1. The molecule has 0 saturated heterocycles. The van der Waals surface area contributed by atoms with Crippen molar-refractivity contribution in [1.82, 2.24) is 4.98 Å². The van der Waals surface area contributed by atoms with Crippen LogP contribution in [0, 0.1) is 0 Å². The number of para-hydroxylation sites is 1. The summed E-state index contributed by atoms with van der Waals surface area (Å²) < 4.78 is 0. The Morgan fingerprint density at radius 2 is 1.78 bits per heavy atom. The third-order valence-electron chi connectivity index (χ3n) is 3.85. The average molecular weight is 384 g/mol. The van der Waals surface area contributed by atoms with Crippen molar-refractivity contribution >= 4 is 23.2 Å². The van der Waals surface area contributed by atoms with Crippen LogP contribution in [0.4, 0.5) is 0 Å². The lowest BCUT2D eigenvalue weighted by atomic mass is 10.0. The van der Waals surface area contributed by atoms with Gasteiger partial charge in [-0.15, -0.1) is 0 Å². The number of aliphatic carboxylic acids is 1. The van der Waals surface area contributed by atoms with Gasteiger partial charge in [0, 0.05) is 23.5 Å². The van der Waals surface area contributed by atoms with Gasteiger partial charge < -0.3 is 46.2 Å². The first-order valence-electron chi connectivity index (χ1n) is 8.04. The number of aromatic nitrogens is 1. The normalized spacial score (nSPS) is 16.5. The summed E-state index contributed by atoms with van der Waals surface area (Å²) in [6.07, 6.45) is -4.68. The van der Waals surface area contributed by atoms with Crippen molar-refractivity contribution in [3.8, 4) is 0 Å². The van der Waals surface area contributed by atoms with Crippen molar-refractivity contribution in [3.05, 3.63) is 36.0 Å². The Hall–Kier alpha value is -2.34. The molecule has 1 aromatic heterocycles. The quantitative estimate of drug-likeness (QED) is 0.232. The highest BCUT2D eigenvalue weighted by molar-refractivity contribution is 5.84. The van der Waals surface area contributed by atoms with E-state index in [9.17, 15) is 9.59 Å². The van der Waals surface area contributed by atoms with E-state index in [2.05, 4.69) is 4.98 Å². The van der Waals surface area contributed by atoms with E-state index < -0.39 is 43.0 Å². The molecular weight excluding hydrogens is 360 g/mol. The maximum absolute atomic E-state index is 10.6. The second-order valence-corrected chi connectivity index (χ2v) is 5.87. The lowest BCUT2D eigenvalue weighted by molar-refractivity contribution is -0.138. The minimum absolute atomic E-state index is 0.0258. The molecule has 0 fully saturated rings. The first kappa shape index (κ1) is 22.7. The van der Waals surface area contributed by atoms with E-state index in [1.54, 1.807) is 0 Å². The molecule has 0 radical (unpaired) electrons. The van der Waals surface area contributed by atoms with Gasteiger partial charge in [-0.1, -0.05) is 18.2 Å². The smallest absolute Gasteiger partial charge is 0.320 e. The first-order valence-corrected chi connectivity index (χ1v) is 8.04. The molecule has 150 valence electrons. The van der Waals surface area contributed by atoms with Crippen LogP contribution in [-0.2, 0) is 16.0 Å². The Labute approximate surface area is 154 Å². The third-order valence-corrected chi connectivity index (χ3v) is 3.85. The van der Waals surface area contributed by atoms with Gasteiger partial charge >= 0.3 is 5.97 Å². The van der Waals surface area contributed by atoms with Gasteiger partial charge in [-0.2, -0.15) is 0 Å². The van der Waals surface area contributed by atoms with Crippen LogP contribution in [0.1, 0.15) is 5.56 Å². The molecule has 0 saturated carbocycles. The van der Waals surface area contributed by atoms with Crippen LogP contribution in [0.25, 0.3) is 10.9 Å². The van der Waals surface area contributed by atoms with Crippen LogP contribution >= 0.6 is 0 Å². The molecule has 10 nitrogen and oxygen atoms in total. The number of rotatable bonds is 8. The lowest BCUT2D eigenvalue weighted by Gasteiger charge is -2.22. The summed E-state index contributed by atoms with van der Waals surface area (Å²) in [5, 5.41) is 53.3. The zero-order valence-electron chi connectivity index (χ0n) is 14.3. The predicted octanol–water partition coefficient (Wildman–Crippen LogP) is -2.26. The standard InChI is InChI=1S/C11H12N2O2.C6H12O6/c12-9(11(14)15)5-7-6-13-10-4-2-1-3-8(7)10;7-1-3(9)5(11)6(12)4(10)2-8/h1-4,6,9,13H,5,12H2,(H,14,15);1,3-6,8-12H,2H2/t9-;3-,4+,5+,6+/m00/s1. The molecule has 10 heteroatoms. The van der Waals surface area contributed by atoms with E-state index in [4.69, 9.17) is 36.4 Å². The van der Waals surface area contributed by atoms with Crippen molar-refractivity contribution < 1.29 is 40.2 Å². The van der Waals surface area contributed by atoms with Gasteiger partial charge in [-0.05, 0) is 11.6 Å². The fraction of sp³-hybridized carbons (Fsp3) is 0.412. The molecule has 2 aromatic rings. The number of aliphatic hydroxyl groups excluding tert-OH is 5. The van der Waals surface area contributed by atoms with Gasteiger partial charge in [0.05, 0.1) is 6.61 Å². The first-order chi connectivity index (χ1) is 12.7. The van der Waals surface area contributed by atoms with E-state index in [-0.39, 0.29) is 6.29 Å². The van der Waals surface area contributed by atoms with Crippen LogP contribution in [0.2, 0.25) is 0 Å². The summed E-state index contributed by atoms with van der Waals surface area (Å²) in [6.45, 7) is -0.760. The molecule has 1 heterocycles. The fourth-order valence-electron chi connectivity index (χ4n) is 2.24. The summed E-state index contributed by atoms with van der Waals surface area (Å²) >= 11 is 0. The highest BCUT2D eigenvalue weighted by Crippen LogP contribution is 2.18. The number of H-pyrrole nitrogens is 1. The monoisotopic (exact) mass is 384 g/mol. The van der Waals surface area contributed by atoms with E-state index >= 15 is 0 Å². The van der Waals surface area contributed by atoms with Crippen LogP contribution in [-0.4, -0.2) is 84.9 Å². The molecule has 0 aliphatic carbocycles. The molecule has 2 rings (SSSR count). The number of nitrogens with two attached hydrogens (primary N) is 1. The van der Waals surface area contributed by atoms with Crippen LogP contribution in [0.5, 0.6) is 0 Å². The molecule has 0 amide bonds. The summed E-state index contributed by atoms with van der Waals surface area (Å²) in [6, 6.07) is 6.91. The van der Waals surface area contributed by atoms with Gasteiger partial charge in [0.25, 0.3) is 0 Å². The van der Waals surface area contributed by atoms with Crippen LogP contribution < -0.4 is 5.73 Å². The van der Waals surface area contributed by atoms with Crippen molar-refractivity contribution in [3.63, 3.8) is 0 Å². The molecule has 0 spiro atoms. The Bertz CT molecular complexity index is 735. The SMILES string of the molecule is N[C@@H](Cc1c[nH]c2ccccc12)C(=O)O.O=C[C@H](O)[C@@H](O)[C@H](O)[C@H](O)CO. The molecule has 0 aliphatic rings. The van der Waals surface area contributed by atoms with E-state index in [0.717, 1.165) is 16.5 Å². The molecule has 5 atom stereocenters. The Balaban J connectivity index is 0.000000279. The van der Waals surface area contributed by atoms with E-state index in [1.165, 1.54) is 0 Å². The van der Waals surface area contributed by atoms with Crippen molar-refractivity contribution in [2.75, 3.05) is 6.61 Å². The molecule has 0 aliphatic heterocycles. The van der Waals surface area contributed by atoms with Gasteiger partial charge in [0.2, 0.25) is 0 Å². The molecule has 0 bridgehead atoms. The zero-order chi connectivity index (χ0) is 20.6. The van der Waals surface area contributed by atoms with Gasteiger partial charge in [-0.25, -0.2) is 0 Å². The minimum atomic E-state index is -1.79. The lowest BCUT2D eigenvalue weighted by Crippen LogP contribution is -2.46. The highest BCUT2D eigenvalue weighted by atomic mass is 16.4. The molecule has 27 heavy (non-hydrogen) atoms. The van der Waals surface area contributed by atoms with Gasteiger partial charge in [-0.3, -0.25) is 4.79 Å². The zero-order valence-corrected chi connectivity index (χ0v) is 14.3. The average Bonchev–Trinajstić information content (AvgIpc) is 3.08. The fourth-order valence-corrected chi connectivity index (χ4v) is 2.24. The Morgan fingerprint density at radius 1 is 1.15 bits per heavy atom. The third kappa shape index (κ3) is 6.40. The summed E-state index contributed by atoms with van der Waals surface area (Å²) in [5.41, 5.74) is 7.43. The maximum Gasteiger partial charge on any atom is 0.320 e. The van der Waals surface area contributed by atoms with Crippen molar-refractivity contribution in [2.45, 2.75) is 36.9 Å². The number of carboxylic acid groups (broad SMARTS) is 1.